The van der Waals surface area contributed by atoms with Gasteiger partial charge in [0, 0.05) is 5.57 Å². The normalized spacial score (nSPS) is 9.07. The van der Waals surface area contributed by atoms with Crippen LogP contribution in [-0.4, -0.2) is 19.0 Å². The van der Waals surface area contributed by atoms with Gasteiger partial charge in [-0.2, -0.15) is 11.3 Å². The number of thiophene rings is 1. The minimum Gasteiger partial charge on any atom is -0.456 e. The third-order valence-electron chi connectivity index (χ3n) is 1.11. The van der Waals surface area contributed by atoms with Crippen LogP contribution >= 0.6 is 11.3 Å². The topological polar surface area (TPSA) is 26.3 Å². The summed E-state index contributed by atoms with van der Waals surface area (Å²) >= 11 is 1.71. The maximum Gasteiger partial charge on any atom is 0.333 e. The Morgan fingerprint density at radius 1 is 1.47 bits per heavy atom. The zero-order valence-corrected chi connectivity index (χ0v) is 9.10. The van der Waals surface area contributed by atoms with Gasteiger partial charge in [0.1, 0.15) is 0 Å². The molecule has 1 aromatic heterocycles. The molecule has 1 rings (SSSR count). The molecule has 0 atom stereocenters. The van der Waals surface area contributed by atoms with E-state index < -0.39 is 19.0 Å². The van der Waals surface area contributed by atoms with Crippen molar-refractivity contribution >= 4 is 17.3 Å². The van der Waals surface area contributed by atoms with E-state index in [0.717, 1.165) is 0 Å². The number of hydrogen-bond donors (Lipinski definition) is 0. The number of halogens is 2. The molecule has 0 spiro atoms. The van der Waals surface area contributed by atoms with Gasteiger partial charge < -0.3 is 4.74 Å². The third-order valence-corrected chi connectivity index (χ3v) is 1.74. The molecule has 0 aliphatic heterocycles. The first-order valence-electron chi connectivity index (χ1n) is 4.12. The average Bonchev–Trinajstić information content (AvgIpc) is 2.71. The van der Waals surface area contributed by atoms with Crippen molar-refractivity contribution in [2.45, 2.75) is 13.3 Å². The minimum absolute atomic E-state index is 0.126. The van der Waals surface area contributed by atoms with Gasteiger partial charge in [-0.05, 0) is 17.7 Å². The molecule has 0 amide bonds. The van der Waals surface area contributed by atoms with E-state index in [2.05, 4.69) is 11.3 Å². The average molecular weight is 234 g/mol. The second-order valence-corrected chi connectivity index (χ2v) is 3.38. The summed E-state index contributed by atoms with van der Waals surface area (Å²) in [6, 6.07) is 4.04. The van der Waals surface area contributed by atoms with Gasteiger partial charge in [-0.1, -0.05) is 18.7 Å². The molecular weight excluding hydrogens is 222 g/mol. The standard InChI is InChI=1S/C6H8F2O2.C4H4S/c1-4(2)6(9)10-3-5(7)8;1-2-4-5-3-1/h5H,1,3H2,2H3;1-4H. The molecule has 0 aromatic carbocycles. The Bertz CT molecular complexity index is 266. The Morgan fingerprint density at radius 2 is 2.00 bits per heavy atom. The zero-order chi connectivity index (χ0) is 11.7. The van der Waals surface area contributed by atoms with Gasteiger partial charge in [0.2, 0.25) is 0 Å². The van der Waals surface area contributed by atoms with Gasteiger partial charge in [0.25, 0.3) is 6.43 Å². The summed E-state index contributed by atoms with van der Waals surface area (Å²) in [5.41, 5.74) is 0.126. The maximum atomic E-state index is 11.4. The van der Waals surface area contributed by atoms with E-state index >= 15 is 0 Å². The van der Waals surface area contributed by atoms with Gasteiger partial charge in [-0.3, -0.25) is 0 Å². The summed E-state index contributed by atoms with van der Waals surface area (Å²) in [7, 11) is 0. The van der Waals surface area contributed by atoms with Crippen LogP contribution in [0.1, 0.15) is 6.92 Å². The zero-order valence-electron chi connectivity index (χ0n) is 8.28. The molecule has 0 bridgehead atoms. The van der Waals surface area contributed by atoms with Crippen molar-refractivity contribution < 1.29 is 18.3 Å². The lowest BCUT2D eigenvalue weighted by molar-refractivity contribution is -0.142. The van der Waals surface area contributed by atoms with E-state index in [1.165, 1.54) is 6.92 Å². The summed E-state index contributed by atoms with van der Waals surface area (Å²) < 4.78 is 26.8. The second-order valence-electron chi connectivity index (χ2n) is 2.56. The fraction of sp³-hybridized carbons (Fsp3) is 0.300. The first-order chi connectivity index (χ1) is 7.04. The van der Waals surface area contributed by atoms with Crippen LogP contribution in [0.3, 0.4) is 0 Å². The predicted molar refractivity (Wildman–Crippen MR) is 56.1 cm³/mol. The van der Waals surface area contributed by atoms with Crippen LogP contribution in [-0.2, 0) is 9.53 Å². The number of alkyl halides is 2. The largest absolute Gasteiger partial charge is 0.456 e. The Balaban J connectivity index is 0.000000322. The summed E-state index contributed by atoms with van der Waals surface area (Å²) in [6.45, 7) is 3.75. The number of hydrogen-bond acceptors (Lipinski definition) is 3. The van der Waals surface area contributed by atoms with Crippen molar-refractivity contribution in [1.29, 1.82) is 0 Å². The highest BCUT2D eigenvalue weighted by Crippen LogP contribution is 1.96. The fourth-order valence-electron chi connectivity index (χ4n) is 0.489. The van der Waals surface area contributed by atoms with Crippen molar-refractivity contribution in [2.24, 2.45) is 0 Å². The molecule has 0 unspecified atom stereocenters. The van der Waals surface area contributed by atoms with Gasteiger partial charge in [-0.25, -0.2) is 13.6 Å². The highest BCUT2D eigenvalue weighted by Gasteiger charge is 2.07. The summed E-state index contributed by atoms with van der Waals surface area (Å²) in [6.07, 6.45) is -2.61. The molecule has 1 heterocycles. The second kappa shape index (κ2) is 8.11. The minimum atomic E-state index is -2.61. The molecule has 2 nitrogen and oxygen atoms in total. The lowest BCUT2D eigenvalue weighted by atomic mass is 10.4. The quantitative estimate of drug-likeness (QED) is 0.593. The molecule has 0 aliphatic carbocycles. The lowest BCUT2D eigenvalue weighted by Gasteiger charge is -2.01. The molecular formula is C10H12F2O2S. The van der Waals surface area contributed by atoms with Crippen LogP contribution < -0.4 is 0 Å². The number of esters is 1. The first-order valence-corrected chi connectivity index (χ1v) is 5.06. The molecule has 0 fully saturated rings. The Labute approximate surface area is 91.2 Å². The van der Waals surface area contributed by atoms with Crippen molar-refractivity contribution in [3.05, 3.63) is 35.0 Å². The van der Waals surface area contributed by atoms with E-state index in [1.807, 2.05) is 22.9 Å². The number of carbonyl (C=O) groups is 1. The Kier molecular flexibility index (Phi) is 7.44. The summed E-state index contributed by atoms with van der Waals surface area (Å²) in [4.78, 5) is 10.4. The number of rotatable bonds is 3. The Hall–Kier alpha value is -1.23. The highest BCUT2D eigenvalue weighted by atomic mass is 32.1. The third kappa shape index (κ3) is 9.08. The predicted octanol–water partition coefficient (Wildman–Crippen LogP) is 3.12. The maximum absolute atomic E-state index is 11.4. The van der Waals surface area contributed by atoms with Crippen molar-refractivity contribution in [1.82, 2.24) is 0 Å². The van der Waals surface area contributed by atoms with Crippen molar-refractivity contribution in [3.63, 3.8) is 0 Å². The molecule has 0 N–H and O–H groups in total. The summed E-state index contributed by atoms with van der Waals surface area (Å²) in [5, 5.41) is 4.08. The van der Waals surface area contributed by atoms with Gasteiger partial charge in [0.15, 0.2) is 6.61 Å². The van der Waals surface area contributed by atoms with E-state index in [4.69, 9.17) is 0 Å². The van der Waals surface area contributed by atoms with Crippen LogP contribution in [0.2, 0.25) is 0 Å². The first kappa shape index (κ1) is 13.8. The molecule has 15 heavy (non-hydrogen) atoms. The van der Waals surface area contributed by atoms with E-state index in [-0.39, 0.29) is 5.57 Å². The molecule has 0 aliphatic rings. The van der Waals surface area contributed by atoms with Gasteiger partial charge >= 0.3 is 5.97 Å². The monoisotopic (exact) mass is 234 g/mol. The lowest BCUT2D eigenvalue weighted by Crippen LogP contribution is -2.11. The Morgan fingerprint density at radius 3 is 2.27 bits per heavy atom. The molecule has 1 aromatic rings. The van der Waals surface area contributed by atoms with Crippen LogP contribution in [0.4, 0.5) is 8.78 Å². The van der Waals surface area contributed by atoms with E-state index in [0.29, 0.717) is 0 Å². The van der Waals surface area contributed by atoms with Gasteiger partial charge in [0.05, 0.1) is 0 Å². The van der Waals surface area contributed by atoms with Crippen LogP contribution in [0.25, 0.3) is 0 Å². The van der Waals surface area contributed by atoms with Crippen molar-refractivity contribution in [2.75, 3.05) is 6.61 Å². The number of ether oxygens (including phenoxy) is 1. The van der Waals surface area contributed by atoms with Crippen LogP contribution in [0, 0.1) is 0 Å². The molecule has 5 heteroatoms. The molecule has 84 valence electrons. The SMILES string of the molecule is C=C(C)C(=O)OCC(F)F.c1ccsc1. The van der Waals surface area contributed by atoms with Crippen molar-refractivity contribution in [3.8, 4) is 0 Å². The fourth-order valence-corrected chi connectivity index (χ4v) is 0.942. The highest BCUT2D eigenvalue weighted by molar-refractivity contribution is 7.07. The molecule has 0 saturated carbocycles. The summed E-state index contributed by atoms with van der Waals surface area (Å²) in [5.74, 6) is -0.777. The van der Waals surface area contributed by atoms with Crippen LogP contribution in [0.15, 0.2) is 35.0 Å². The number of carbonyl (C=O) groups excluding carboxylic acids is 1. The molecule has 0 radical (unpaired) electrons. The van der Waals surface area contributed by atoms with Crippen LogP contribution in [0.5, 0.6) is 0 Å². The molecule has 0 saturated heterocycles. The van der Waals surface area contributed by atoms with E-state index in [9.17, 15) is 13.6 Å². The van der Waals surface area contributed by atoms with Gasteiger partial charge in [-0.15, -0.1) is 0 Å². The smallest absolute Gasteiger partial charge is 0.333 e. The van der Waals surface area contributed by atoms with E-state index in [1.54, 1.807) is 11.3 Å².